The molecule has 1 amide bonds. The van der Waals surface area contributed by atoms with E-state index < -0.39 is 0 Å². The summed E-state index contributed by atoms with van der Waals surface area (Å²) < 4.78 is 2.71. The van der Waals surface area contributed by atoms with Crippen molar-refractivity contribution in [3.05, 3.63) is 100 Å². The zero-order chi connectivity index (χ0) is 20.2. The molecule has 29 heavy (non-hydrogen) atoms. The second-order valence-electron chi connectivity index (χ2n) is 6.63. The van der Waals surface area contributed by atoms with Crippen LogP contribution in [0.2, 0.25) is 0 Å². The monoisotopic (exact) mass is 446 g/mol. The molecule has 0 unspecified atom stereocenters. The predicted octanol–water partition coefficient (Wildman–Crippen LogP) is 4.94. The van der Waals surface area contributed by atoms with E-state index in [0.717, 1.165) is 26.9 Å². The van der Waals surface area contributed by atoms with Crippen molar-refractivity contribution < 1.29 is 4.79 Å². The van der Waals surface area contributed by atoms with E-state index >= 15 is 0 Å². The van der Waals surface area contributed by atoms with E-state index in [1.165, 1.54) is 0 Å². The number of carbonyl (C=O) groups excluding carboxylic acids is 1. The van der Waals surface area contributed by atoms with Crippen molar-refractivity contribution in [1.29, 1.82) is 0 Å². The molecular weight excluding hydrogens is 428 g/mol. The lowest BCUT2D eigenvalue weighted by molar-refractivity contribution is 0.0940. The average molecular weight is 447 g/mol. The lowest BCUT2D eigenvalue weighted by atomic mass is 10.2. The fraction of sp³-hybridized carbons (Fsp3) is 0.0870. The first-order valence-electron chi connectivity index (χ1n) is 9.23. The molecule has 4 aromatic rings. The second-order valence-corrected chi connectivity index (χ2v) is 7.55. The number of halogens is 1. The zero-order valence-corrected chi connectivity index (χ0v) is 17.4. The summed E-state index contributed by atoms with van der Waals surface area (Å²) in [7, 11) is 0. The highest BCUT2D eigenvalue weighted by Crippen LogP contribution is 2.24. The van der Waals surface area contributed by atoms with Crippen molar-refractivity contribution >= 4 is 21.8 Å². The molecular formula is C23H19BrN4O. The molecule has 0 atom stereocenters. The Bertz CT molecular complexity index is 1140. The number of nitrogens with zero attached hydrogens (tertiary/aromatic N) is 3. The summed E-state index contributed by atoms with van der Waals surface area (Å²) in [4.78, 5) is 17.3. The van der Waals surface area contributed by atoms with Gasteiger partial charge in [0.1, 0.15) is 0 Å². The van der Waals surface area contributed by atoms with Crippen LogP contribution in [0.3, 0.4) is 0 Å². The smallest absolute Gasteiger partial charge is 0.291 e. The number of nitrogens with one attached hydrogen (secondary N) is 1. The number of hydrogen-bond acceptors (Lipinski definition) is 3. The lowest BCUT2D eigenvalue weighted by Crippen LogP contribution is -2.24. The lowest BCUT2D eigenvalue weighted by Gasteiger charge is -2.08. The van der Waals surface area contributed by atoms with Crippen molar-refractivity contribution in [3.63, 3.8) is 0 Å². The summed E-state index contributed by atoms with van der Waals surface area (Å²) in [5.74, 6) is 0.457. The molecule has 0 fully saturated rings. The Balaban J connectivity index is 1.70. The first-order valence-corrected chi connectivity index (χ1v) is 10.0. The third-order valence-electron chi connectivity index (χ3n) is 4.55. The normalized spacial score (nSPS) is 10.7. The van der Waals surface area contributed by atoms with Gasteiger partial charge in [-0.25, -0.2) is 9.67 Å². The van der Waals surface area contributed by atoms with Crippen LogP contribution < -0.4 is 5.32 Å². The maximum absolute atomic E-state index is 12.7. The highest BCUT2D eigenvalue weighted by Gasteiger charge is 2.19. The molecule has 5 nitrogen and oxygen atoms in total. The molecule has 144 valence electrons. The average Bonchev–Trinajstić information content (AvgIpc) is 3.19. The van der Waals surface area contributed by atoms with Gasteiger partial charge in [-0.2, -0.15) is 0 Å². The highest BCUT2D eigenvalue weighted by molar-refractivity contribution is 9.10. The van der Waals surface area contributed by atoms with Crippen LogP contribution >= 0.6 is 15.9 Å². The molecule has 0 saturated heterocycles. The Labute approximate surface area is 177 Å². The summed E-state index contributed by atoms with van der Waals surface area (Å²) in [5, 5.41) is 7.43. The third-order valence-corrected chi connectivity index (χ3v) is 5.08. The van der Waals surface area contributed by atoms with E-state index in [1.807, 2.05) is 85.8 Å². The summed E-state index contributed by atoms with van der Waals surface area (Å²) in [6.45, 7) is 2.43. The third kappa shape index (κ3) is 4.27. The number of aryl methyl sites for hydroxylation is 1. The van der Waals surface area contributed by atoms with Crippen LogP contribution in [0.15, 0.2) is 83.3 Å². The fourth-order valence-corrected chi connectivity index (χ4v) is 3.28. The van der Waals surface area contributed by atoms with Crippen molar-refractivity contribution in [1.82, 2.24) is 20.1 Å². The van der Waals surface area contributed by atoms with Crippen LogP contribution in [0.25, 0.3) is 17.1 Å². The van der Waals surface area contributed by atoms with E-state index in [-0.39, 0.29) is 11.7 Å². The summed E-state index contributed by atoms with van der Waals surface area (Å²) in [6, 6.07) is 25.5. The molecule has 1 heterocycles. The van der Waals surface area contributed by atoms with Gasteiger partial charge >= 0.3 is 0 Å². The van der Waals surface area contributed by atoms with Gasteiger partial charge in [0.15, 0.2) is 5.82 Å². The maximum atomic E-state index is 12.7. The number of carbonyl (C=O) groups is 1. The Morgan fingerprint density at radius 1 is 0.966 bits per heavy atom. The number of aromatic nitrogens is 3. The Morgan fingerprint density at radius 3 is 2.38 bits per heavy atom. The minimum absolute atomic E-state index is 0.141. The van der Waals surface area contributed by atoms with Gasteiger partial charge in [0, 0.05) is 16.6 Å². The number of benzene rings is 3. The molecule has 0 aliphatic rings. The van der Waals surface area contributed by atoms with Crippen molar-refractivity contribution in [2.75, 3.05) is 0 Å². The van der Waals surface area contributed by atoms with E-state index in [9.17, 15) is 4.79 Å². The van der Waals surface area contributed by atoms with E-state index in [0.29, 0.717) is 12.4 Å². The SMILES string of the molecule is Cc1ccccc1-n1nc(C(=O)NCc2ccccc2)nc1-c1ccc(Br)cc1. The van der Waals surface area contributed by atoms with Crippen molar-refractivity contribution in [3.8, 4) is 17.1 Å². The van der Waals surface area contributed by atoms with Gasteiger partial charge in [-0.05, 0) is 36.2 Å². The number of amides is 1. The van der Waals surface area contributed by atoms with Crippen LogP contribution in [0, 0.1) is 6.92 Å². The molecule has 0 aliphatic heterocycles. The van der Waals surface area contributed by atoms with E-state index in [4.69, 9.17) is 0 Å². The molecule has 6 heteroatoms. The van der Waals surface area contributed by atoms with Gasteiger partial charge < -0.3 is 5.32 Å². The van der Waals surface area contributed by atoms with Gasteiger partial charge in [0.2, 0.25) is 5.82 Å². The second kappa shape index (κ2) is 8.41. The molecule has 1 N–H and O–H groups in total. The standard InChI is InChI=1S/C23H19BrN4O/c1-16-7-5-6-10-20(16)28-22(18-11-13-19(24)14-12-18)26-21(27-28)23(29)25-15-17-8-3-2-4-9-17/h2-14H,15H2,1H3,(H,25,29). The number of rotatable bonds is 5. The van der Waals surface area contributed by atoms with Crippen LogP contribution in [0.4, 0.5) is 0 Å². The fourth-order valence-electron chi connectivity index (χ4n) is 3.02. The largest absolute Gasteiger partial charge is 0.345 e. The van der Waals surface area contributed by atoms with Gasteiger partial charge in [0.25, 0.3) is 5.91 Å². The molecule has 3 aromatic carbocycles. The maximum Gasteiger partial charge on any atom is 0.291 e. The minimum Gasteiger partial charge on any atom is -0.345 e. The first kappa shape index (κ1) is 19.1. The zero-order valence-electron chi connectivity index (χ0n) is 15.8. The molecule has 1 aromatic heterocycles. The summed E-state index contributed by atoms with van der Waals surface area (Å²) in [6.07, 6.45) is 0. The molecule has 0 spiro atoms. The van der Waals surface area contributed by atoms with Gasteiger partial charge in [-0.1, -0.05) is 76.6 Å². The quantitative estimate of drug-likeness (QED) is 0.472. The molecule has 0 saturated carbocycles. The van der Waals surface area contributed by atoms with E-state index in [2.05, 4.69) is 31.3 Å². The predicted molar refractivity (Wildman–Crippen MR) is 117 cm³/mol. The molecule has 0 radical (unpaired) electrons. The Morgan fingerprint density at radius 2 is 1.66 bits per heavy atom. The molecule has 0 bridgehead atoms. The number of hydrogen-bond donors (Lipinski definition) is 1. The van der Waals surface area contributed by atoms with Crippen LogP contribution in [-0.2, 0) is 6.54 Å². The van der Waals surface area contributed by atoms with Gasteiger partial charge in [-0.15, -0.1) is 5.10 Å². The Kier molecular flexibility index (Phi) is 5.53. The molecule has 4 rings (SSSR count). The summed E-state index contributed by atoms with van der Waals surface area (Å²) in [5.41, 5.74) is 3.84. The first-order chi connectivity index (χ1) is 14.1. The molecule has 0 aliphatic carbocycles. The van der Waals surface area contributed by atoms with Crippen LogP contribution in [-0.4, -0.2) is 20.7 Å². The highest BCUT2D eigenvalue weighted by atomic mass is 79.9. The summed E-state index contributed by atoms with van der Waals surface area (Å²) >= 11 is 3.46. The van der Waals surface area contributed by atoms with Crippen molar-refractivity contribution in [2.45, 2.75) is 13.5 Å². The van der Waals surface area contributed by atoms with Crippen LogP contribution in [0.5, 0.6) is 0 Å². The number of para-hydroxylation sites is 1. The van der Waals surface area contributed by atoms with E-state index in [1.54, 1.807) is 4.68 Å². The van der Waals surface area contributed by atoms with Gasteiger partial charge in [-0.3, -0.25) is 4.79 Å². The minimum atomic E-state index is -0.306. The van der Waals surface area contributed by atoms with Gasteiger partial charge in [0.05, 0.1) is 5.69 Å². The van der Waals surface area contributed by atoms with Crippen LogP contribution in [0.1, 0.15) is 21.7 Å². The Hall–Kier alpha value is -3.25. The van der Waals surface area contributed by atoms with Crippen molar-refractivity contribution in [2.24, 2.45) is 0 Å². The topological polar surface area (TPSA) is 59.8 Å².